The SMILES string of the molecule is CN1CCCCC1COc1cnc(-c2ccc(Cl)cc2)c(-c2ccc(Cl)cc2)n1. The molecule has 0 bridgehead atoms. The first-order chi connectivity index (χ1) is 14.1. The number of likely N-dealkylation sites (N-methyl/N-ethyl adjacent to an activating group) is 1. The van der Waals surface area contributed by atoms with Crippen molar-refractivity contribution < 1.29 is 4.74 Å². The highest BCUT2D eigenvalue weighted by atomic mass is 35.5. The predicted octanol–water partition coefficient (Wildman–Crippen LogP) is 5.98. The minimum absolute atomic E-state index is 0.417. The summed E-state index contributed by atoms with van der Waals surface area (Å²) in [5.41, 5.74) is 3.43. The van der Waals surface area contributed by atoms with E-state index in [1.54, 1.807) is 6.20 Å². The number of rotatable bonds is 5. The van der Waals surface area contributed by atoms with E-state index in [0.29, 0.717) is 28.6 Å². The third-order valence-electron chi connectivity index (χ3n) is 5.33. The summed E-state index contributed by atoms with van der Waals surface area (Å²) in [7, 11) is 2.15. The fourth-order valence-electron chi connectivity index (χ4n) is 3.61. The number of hydrogen-bond donors (Lipinski definition) is 0. The number of aromatic nitrogens is 2. The van der Waals surface area contributed by atoms with Gasteiger partial charge in [0.05, 0.1) is 11.9 Å². The van der Waals surface area contributed by atoms with Gasteiger partial charge in [-0.2, -0.15) is 0 Å². The van der Waals surface area contributed by atoms with Crippen LogP contribution in [0, 0.1) is 0 Å². The number of nitrogens with zero attached hydrogens (tertiary/aromatic N) is 3. The molecule has 0 radical (unpaired) electrons. The van der Waals surface area contributed by atoms with Crippen molar-refractivity contribution in [1.29, 1.82) is 0 Å². The largest absolute Gasteiger partial charge is 0.475 e. The van der Waals surface area contributed by atoms with E-state index in [1.807, 2.05) is 48.5 Å². The van der Waals surface area contributed by atoms with E-state index in [1.165, 1.54) is 12.8 Å². The molecular weight excluding hydrogens is 405 g/mol. The van der Waals surface area contributed by atoms with Crippen LogP contribution >= 0.6 is 23.2 Å². The van der Waals surface area contributed by atoms with Gasteiger partial charge in [0.15, 0.2) is 0 Å². The summed E-state index contributed by atoms with van der Waals surface area (Å²) in [5, 5.41) is 1.37. The Bertz CT molecular complexity index is 961. The van der Waals surface area contributed by atoms with Gasteiger partial charge in [-0.05, 0) is 50.7 Å². The van der Waals surface area contributed by atoms with Gasteiger partial charge in [0.2, 0.25) is 5.88 Å². The topological polar surface area (TPSA) is 38.2 Å². The summed E-state index contributed by atoms with van der Waals surface area (Å²) in [5.74, 6) is 0.534. The molecule has 6 heteroatoms. The molecule has 0 aliphatic carbocycles. The summed E-state index contributed by atoms with van der Waals surface area (Å²) < 4.78 is 6.05. The van der Waals surface area contributed by atoms with E-state index in [4.69, 9.17) is 32.9 Å². The van der Waals surface area contributed by atoms with Gasteiger partial charge in [-0.1, -0.05) is 53.9 Å². The van der Waals surface area contributed by atoms with Crippen LogP contribution in [0.3, 0.4) is 0 Å². The summed E-state index contributed by atoms with van der Waals surface area (Å²) in [4.78, 5) is 11.8. The van der Waals surface area contributed by atoms with Gasteiger partial charge in [-0.3, -0.25) is 0 Å². The Hall–Kier alpha value is -2.14. The highest BCUT2D eigenvalue weighted by molar-refractivity contribution is 6.31. The second-order valence-corrected chi connectivity index (χ2v) is 8.23. The lowest BCUT2D eigenvalue weighted by Crippen LogP contribution is -2.40. The van der Waals surface area contributed by atoms with Gasteiger partial charge in [0.25, 0.3) is 0 Å². The lowest BCUT2D eigenvalue weighted by molar-refractivity contribution is 0.122. The number of ether oxygens (including phenoxy) is 1. The van der Waals surface area contributed by atoms with Crippen LogP contribution in [0.2, 0.25) is 10.0 Å². The second-order valence-electron chi connectivity index (χ2n) is 7.36. The fraction of sp³-hybridized carbons (Fsp3) is 0.304. The summed E-state index contributed by atoms with van der Waals surface area (Å²) >= 11 is 12.1. The van der Waals surface area contributed by atoms with Crippen LogP contribution in [-0.2, 0) is 0 Å². The lowest BCUT2D eigenvalue weighted by Gasteiger charge is -2.31. The third kappa shape index (κ3) is 4.89. The van der Waals surface area contributed by atoms with Crippen molar-refractivity contribution in [3.63, 3.8) is 0 Å². The van der Waals surface area contributed by atoms with E-state index in [-0.39, 0.29) is 0 Å². The van der Waals surface area contributed by atoms with Crippen LogP contribution in [0.1, 0.15) is 19.3 Å². The Morgan fingerprint density at radius 2 is 1.55 bits per heavy atom. The molecule has 4 nitrogen and oxygen atoms in total. The van der Waals surface area contributed by atoms with Gasteiger partial charge in [0, 0.05) is 27.2 Å². The molecule has 0 saturated carbocycles. The molecule has 0 amide bonds. The molecule has 3 aromatic rings. The molecule has 2 aromatic carbocycles. The van der Waals surface area contributed by atoms with Crippen LogP contribution in [0.15, 0.2) is 54.7 Å². The molecule has 150 valence electrons. The first-order valence-electron chi connectivity index (χ1n) is 9.82. The van der Waals surface area contributed by atoms with Crippen LogP contribution in [-0.4, -0.2) is 41.1 Å². The maximum atomic E-state index is 6.07. The Morgan fingerprint density at radius 3 is 2.17 bits per heavy atom. The minimum Gasteiger partial charge on any atom is -0.475 e. The Labute approximate surface area is 181 Å². The molecule has 0 N–H and O–H groups in total. The van der Waals surface area contributed by atoms with E-state index in [9.17, 15) is 0 Å². The molecule has 1 aliphatic heterocycles. The van der Waals surface area contributed by atoms with Gasteiger partial charge in [0.1, 0.15) is 12.3 Å². The molecule has 1 saturated heterocycles. The first-order valence-corrected chi connectivity index (χ1v) is 10.6. The number of benzene rings is 2. The molecule has 1 unspecified atom stereocenters. The van der Waals surface area contributed by atoms with Crippen molar-refractivity contribution in [2.75, 3.05) is 20.2 Å². The minimum atomic E-state index is 0.417. The lowest BCUT2D eigenvalue weighted by atomic mass is 10.0. The summed E-state index contributed by atoms with van der Waals surface area (Å²) in [6.07, 6.45) is 5.35. The molecule has 2 heterocycles. The van der Waals surface area contributed by atoms with Crippen LogP contribution in [0.25, 0.3) is 22.5 Å². The van der Waals surface area contributed by atoms with E-state index >= 15 is 0 Å². The van der Waals surface area contributed by atoms with Crippen molar-refractivity contribution >= 4 is 23.2 Å². The van der Waals surface area contributed by atoms with E-state index < -0.39 is 0 Å². The van der Waals surface area contributed by atoms with Crippen molar-refractivity contribution in [3.8, 4) is 28.4 Å². The van der Waals surface area contributed by atoms with Crippen LogP contribution in [0.4, 0.5) is 0 Å². The average Bonchev–Trinajstić information content (AvgIpc) is 2.74. The monoisotopic (exact) mass is 427 g/mol. The van der Waals surface area contributed by atoms with Gasteiger partial charge < -0.3 is 9.64 Å². The molecule has 4 rings (SSSR count). The predicted molar refractivity (Wildman–Crippen MR) is 119 cm³/mol. The maximum Gasteiger partial charge on any atom is 0.232 e. The number of halogens is 2. The normalized spacial score (nSPS) is 17.3. The molecular formula is C23H23Cl2N3O. The van der Waals surface area contributed by atoms with Gasteiger partial charge in [-0.25, -0.2) is 9.97 Å². The van der Waals surface area contributed by atoms with Crippen molar-refractivity contribution in [2.45, 2.75) is 25.3 Å². The van der Waals surface area contributed by atoms with Gasteiger partial charge in [-0.15, -0.1) is 0 Å². The molecule has 0 spiro atoms. The van der Waals surface area contributed by atoms with Crippen molar-refractivity contribution in [3.05, 3.63) is 64.8 Å². The molecule has 29 heavy (non-hydrogen) atoms. The fourth-order valence-corrected chi connectivity index (χ4v) is 3.86. The Balaban J connectivity index is 1.65. The quantitative estimate of drug-likeness (QED) is 0.501. The zero-order valence-electron chi connectivity index (χ0n) is 16.3. The highest BCUT2D eigenvalue weighted by Crippen LogP contribution is 2.32. The molecule has 1 aromatic heterocycles. The van der Waals surface area contributed by atoms with Crippen LogP contribution in [0.5, 0.6) is 5.88 Å². The number of hydrogen-bond acceptors (Lipinski definition) is 4. The molecule has 1 atom stereocenters. The van der Waals surface area contributed by atoms with Crippen molar-refractivity contribution in [1.82, 2.24) is 14.9 Å². The van der Waals surface area contributed by atoms with Crippen LogP contribution < -0.4 is 4.74 Å². The Morgan fingerprint density at radius 1 is 0.931 bits per heavy atom. The summed E-state index contributed by atoms with van der Waals surface area (Å²) in [6, 6.07) is 15.6. The average molecular weight is 428 g/mol. The summed E-state index contributed by atoms with van der Waals surface area (Å²) in [6.45, 7) is 1.73. The smallest absolute Gasteiger partial charge is 0.232 e. The maximum absolute atomic E-state index is 6.07. The first kappa shape index (κ1) is 20.1. The number of likely N-dealkylation sites (tertiary alicyclic amines) is 1. The highest BCUT2D eigenvalue weighted by Gasteiger charge is 2.20. The Kier molecular flexibility index (Phi) is 6.34. The zero-order chi connectivity index (χ0) is 20.2. The van der Waals surface area contributed by atoms with Crippen molar-refractivity contribution in [2.24, 2.45) is 0 Å². The number of piperidine rings is 1. The molecule has 1 fully saturated rings. The molecule has 1 aliphatic rings. The van der Waals surface area contributed by atoms with E-state index in [2.05, 4.69) is 16.9 Å². The third-order valence-corrected chi connectivity index (χ3v) is 5.83. The second kappa shape index (κ2) is 9.12. The standard InChI is InChI=1S/C23H23Cl2N3O/c1-28-13-3-2-4-20(28)15-29-21-14-26-22(16-5-9-18(24)10-6-16)23(27-21)17-7-11-19(25)12-8-17/h5-12,14,20H,2-4,13,15H2,1H3. The van der Waals surface area contributed by atoms with Gasteiger partial charge >= 0.3 is 0 Å². The van der Waals surface area contributed by atoms with E-state index in [0.717, 1.165) is 35.5 Å². The zero-order valence-corrected chi connectivity index (χ0v) is 17.8.